The number of rotatable bonds is 8. The van der Waals surface area contributed by atoms with E-state index >= 15 is 0 Å². The highest BCUT2D eigenvalue weighted by Crippen LogP contribution is 2.29. The van der Waals surface area contributed by atoms with E-state index in [-0.39, 0.29) is 16.3 Å². The van der Waals surface area contributed by atoms with Crippen molar-refractivity contribution in [2.24, 2.45) is 5.10 Å². The molecule has 0 aromatic heterocycles. The maximum atomic E-state index is 12.8. The molecule has 0 saturated heterocycles. The molecule has 1 N–H and O–H groups in total. The Labute approximate surface area is 217 Å². The number of hydrogen-bond acceptors (Lipinski definition) is 5. The number of nitrogens with zero attached hydrogens (tertiary/aromatic N) is 1. The molecular weight excluding hydrogens is 499 g/mol. The van der Waals surface area contributed by atoms with E-state index in [1.54, 1.807) is 42.5 Å². The summed E-state index contributed by atoms with van der Waals surface area (Å²) in [5.74, 6) is -0.179. The molecule has 0 fully saturated rings. The summed E-state index contributed by atoms with van der Waals surface area (Å²) in [6.07, 6.45) is 3.08. The molecule has 4 rings (SSSR count). The minimum Gasteiger partial charge on any atom is -0.490 e. The summed E-state index contributed by atoms with van der Waals surface area (Å²) >= 11 is 12.1. The van der Waals surface area contributed by atoms with Crippen molar-refractivity contribution in [3.05, 3.63) is 118 Å². The molecule has 4 aromatic carbocycles. The van der Waals surface area contributed by atoms with E-state index in [1.165, 1.54) is 18.3 Å². The van der Waals surface area contributed by atoms with Gasteiger partial charge < -0.3 is 9.47 Å². The Bertz CT molecular complexity index is 1470. The fourth-order valence-electron chi connectivity index (χ4n) is 3.39. The van der Waals surface area contributed by atoms with Gasteiger partial charge in [-0.15, -0.1) is 0 Å². The predicted molar refractivity (Wildman–Crippen MR) is 143 cm³/mol. The van der Waals surface area contributed by atoms with Crippen molar-refractivity contribution in [1.29, 1.82) is 0 Å². The van der Waals surface area contributed by atoms with Crippen molar-refractivity contribution in [2.45, 2.75) is 0 Å². The van der Waals surface area contributed by atoms with Gasteiger partial charge in [0.1, 0.15) is 18.1 Å². The number of hydrogen-bond donors (Lipinski definition) is 1. The first-order valence-electron chi connectivity index (χ1n) is 10.8. The van der Waals surface area contributed by atoms with Gasteiger partial charge in [-0.05, 0) is 59.3 Å². The van der Waals surface area contributed by atoms with E-state index < -0.39 is 11.9 Å². The molecule has 1 amide bonds. The Morgan fingerprint density at radius 3 is 2.50 bits per heavy atom. The smallest absolute Gasteiger partial charge is 0.345 e. The highest BCUT2D eigenvalue weighted by atomic mass is 35.5. The van der Waals surface area contributed by atoms with Gasteiger partial charge in [-0.2, -0.15) is 5.10 Å². The maximum Gasteiger partial charge on any atom is 0.345 e. The molecule has 36 heavy (non-hydrogen) atoms. The second kappa shape index (κ2) is 11.5. The number of halogens is 2. The SMILES string of the molecule is C=CCOc1ccc(C(=O)NN=Cc2c(OC(=O)c3ccc(Cl)cc3Cl)ccc3ccccc23)cc1. The van der Waals surface area contributed by atoms with Crippen LogP contribution in [0.5, 0.6) is 11.5 Å². The van der Waals surface area contributed by atoms with Gasteiger partial charge in [0.15, 0.2) is 0 Å². The number of ether oxygens (including phenoxy) is 2. The van der Waals surface area contributed by atoms with Crippen molar-refractivity contribution in [1.82, 2.24) is 5.43 Å². The zero-order chi connectivity index (χ0) is 25.5. The summed E-state index contributed by atoms with van der Waals surface area (Å²) in [4.78, 5) is 25.4. The van der Waals surface area contributed by atoms with Crippen LogP contribution in [-0.4, -0.2) is 24.7 Å². The van der Waals surface area contributed by atoms with Gasteiger partial charge in [0.05, 0.1) is 16.8 Å². The molecule has 0 aliphatic heterocycles. The second-order valence-corrected chi connectivity index (χ2v) is 8.38. The third-order valence-corrected chi connectivity index (χ3v) is 5.68. The van der Waals surface area contributed by atoms with Crippen LogP contribution in [0.25, 0.3) is 10.8 Å². The first kappa shape index (κ1) is 25.0. The Hall–Kier alpha value is -4.13. The van der Waals surface area contributed by atoms with E-state index in [4.69, 9.17) is 32.7 Å². The average Bonchev–Trinajstić information content (AvgIpc) is 2.88. The fourth-order valence-corrected chi connectivity index (χ4v) is 3.87. The van der Waals surface area contributed by atoms with Crippen LogP contribution in [0.2, 0.25) is 10.0 Å². The number of carbonyl (C=O) groups excluding carboxylic acids is 2. The van der Waals surface area contributed by atoms with Crippen molar-refractivity contribution in [2.75, 3.05) is 6.61 Å². The Balaban J connectivity index is 1.57. The highest BCUT2D eigenvalue weighted by molar-refractivity contribution is 6.36. The second-order valence-electron chi connectivity index (χ2n) is 7.54. The number of fused-ring (bicyclic) bond motifs is 1. The van der Waals surface area contributed by atoms with E-state index in [2.05, 4.69) is 17.1 Å². The maximum absolute atomic E-state index is 12.8. The lowest BCUT2D eigenvalue weighted by Gasteiger charge is -2.11. The number of nitrogens with one attached hydrogen (secondary N) is 1. The molecule has 0 bridgehead atoms. The first-order chi connectivity index (χ1) is 17.5. The van der Waals surface area contributed by atoms with Gasteiger partial charge in [-0.3, -0.25) is 4.79 Å². The van der Waals surface area contributed by atoms with Crippen LogP contribution >= 0.6 is 23.2 Å². The Morgan fingerprint density at radius 2 is 1.75 bits per heavy atom. The first-order valence-corrected chi connectivity index (χ1v) is 11.6. The Morgan fingerprint density at radius 1 is 0.972 bits per heavy atom. The normalized spacial score (nSPS) is 10.8. The van der Waals surface area contributed by atoms with E-state index in [9.17, 15) is 9.59 Å². The number of amides is 1. The molecule has 8 heteroatoms. The third-order valence-electron chi connectivity index (χ3n) is 5.13. The highest BCUT2D eigenvalue weighted by Gasteiger charge is 2.16. The van der Waals surface area contributed by atoms with E-state index in [0.717, 1.165) is 10.8 Å². The fraction of sp³-hybridized carbons (Fsp3) is 0.0357. The van der Waals surface area contributed by atoms with Gasteiger partial charge in [-0.1, -0.05) is 66.2 Å². The molecular formula is C28H20Cl2N2O4. The summed E-state index contributed by atoms with van der Waals surface area (Å²) in [6, 6.07) is 22.2. The van der Waals surface area contributed by atoms with Crippen molar-refractivity contribution in [3.63, 3.8) is 0 Å². The summed E-state index contributed by atoms with van der Waals surface area (Å²) in [5.41, 5.74) is 3.59. The molecule has 0 saturated carbocycles. The van der Waals surface area contributed by atoms with Crippen molar-refractivity contribution in [3.8, 4) is 11.5 Å². The number of esters is 1. The van der Waals surface area contributed by atoms with Crippen molar-refractivity contribution < 1.29 is 19.1 Å². The number of benzene rings is 4. The third kappa shape index (κ3) is 5.92. The summed E-state index contributed by atoms with van der Waals surface area (Å²) in [5, 5.41) is 6.38. The van der Waals surface area contributed by atoms with Gasteiger partial charge >= 0.3 is 5.97 Å². The van der Waals surface area contributed by atoms with Crippen LogP contribution in [0, 0.1) is 0 Å². The van der Waals surface area contributed by atoms with Crippen molar-refractivity contribution >= 4 is 52.1 Å². The molecule has 6 nitrogen and oxygen atoms in total. The standard InChI is InChI=1S/C28H20Cl2N2O4/c1-2-15-35-21-11-7-19(8-12-21)27(33)32-31-17-24-22-6-4-3-5-18(22)9-14-26(24)36-28(34)23-13-10-20(29)16-25(23)30/h2-14,16-17H,1,15H2,(H,32,33). The number of carbonyl (C=O) groups is 2. The topological polar surface area (TPSA) is 77.0 Å². The zero-order valence-corrected chi connectivity index (χ0v) is 20.4. The molecule has 4 aromatic rings. The Kier molecular flexibility index (Phi) is 8.00. The lowest BCUT2D eigenvalue weighted by atomic mass is 10.0. The summed E-state index contributed by atoms with van der Waals surface area (Å²) in [6.45, 7) is 3.97. The minimum absolute atomic E-state index is 0.172. The van der Waals surface area contributed by atoms with Gasteiger partial charge in [0.25, 0.3) is 5.91 Å². The average molecular weight is 519 g/mol. The molecule has 180 valence electrons. The molecule has 0 aliphatic rings. The lowest BCUT2D eigenvalue weighted by molar-refractivity contribution is 0.0734. The van der Waals surface area contributed by atoms with Crippen LogP contribution in [0.1, 0.15) is 26.3 Å². The zero-order valence-electron chi connectivity index (χ0n) is 18.9. The van der Waals surface area contributed by atoms with Gasteiger partial charge in [0, 0.05) is 16.1 Å². The van der Waals surface area contributed by atoms with Crippen LogP contribution in [-0.2, 0) is 0 Å². The predicted octanol–water partition coefficient (Wildman–Crippen LogP) is 6.69. The van der Waals surface area contributed by atoms with E-state index in [0.29, 0.717) is 28.5 Å². The quantitative estimate of drug-likeness (QED) is 0.0925. The molecule has 0 radical (unpaired) electrons. The lowest BCUT2D eigenvalue weighted by Crippen LogP contribution is -2.17. The van der Waals surface area contributed by atoms with Crippen LogP contribution < -0.4 is 14.9 Å². The molecule has 0 aliphatic carbocycles. The molecule has 0 unspecified atom stereocenters. The van der Waals surface area contributed by atoms with Crippen LogP contribution in [0.3, 0.4) is 0 Å². The van der Waals surface area contributed by atoms with Gasteiger partial charge in [0.2, 0.25) is 0 Å². The van der Waals surface area contributed by atoms with Crippen LogP contribution in [0.15, 0.2) is 96.6 Å². The molecule has 0 spiro atoms. The van der Waals surface area contributed by atoms with E-state index in [1.807, 2.05) is 30.3 Å². The largest absolute Gasteiger partial charge is 0.490 e. The monoisotopic (exact) mass is 518 g/mol. The number of hydrazone groups is 1. The molecule has 0 heterocycles. The summed E-state index contributed by atoms with van der Waals surface area (Å²) in [7, 11) is 0. The minimum atomic E-state index is -0.649. The molecule has 0 atom stereocenters. The summed E-state index contributed by atoms with van der Waals surface area (Å²) < 4.78 is 11.1. The van der Waals surface area contributed by atoms with Crippen LogP contribution in [0.4, 0.5) is 0 Å². The van der Waals surface area contributed by atoms with Gasteiger partial charge in [-0.25, -0.2) is 10.2 Å².